The van der Waals surface area contributed by atoms with Crippen LogP contribution in [0.5, 0.6) is 0 Å². The summed E-state index contributed by atoms with van der Waals surface area (Å²) < 4.78 is 13.2. The number of halogens is 2. The van der Waals surface area contributed by atoms with Crippen LogP contribution in [0.3, 0.4) is 0 Å². The van der Waals surface area contributed by atoms with E-state index in [4.69, 9.17) is 17.3 Å². The van der Waals surface area contributed by atoms with E-state index in [1.54, 1.807) is 6.07 Å². The third-order valence-electron chi connectivity index (χ3n) is 4.30. The van der Waals surface area contributed by atoms with E-state index >= 15 is 0 Å². The summed E-state index contributed by atoms with van der Waals surface area (Å²) in [6.45, 7) is 2.68. The van der Waals surface area contributed by atoms with Crippen LogP contribution >= 0.6 is 11.6 Å². The van der Waals surface area contributed by atoms with Crippen molar-refractivity contribution in [3.8, 4) is 0 Å². The third-order valence-corrected chi connectivity index (χ3v) is 4.63. The summed E-state index contributed by atoms with van der Waals surface area (Å²) in [4.78, 5) is 4.64. The number of nitrogens with two attached hydrogens (primary N) is 1. The molecule has 3 nitrogen and oxygen atoms in total. The maximum atomic E-state index is 13.2. The fourth-order valence-electron chi connectivity index (χ4n) is 2.94. The maximum Gasteiger partial charge on any atom is 0.124 e. The topological polar surface area (TPSA) is 32.5 Å². The highest BCUT2D eigenvalue weighted by Gasteiger charge is 2.27. The van der Waals surface area contributed by atoms with Gasteiger partial charge >= 0.3 is 0 Å². The molecule has 1 unspecified atom stereocenters. The summed E-state index contributed by atoms with van der Waals surface area (Å²) in [6, 6.07) is 5.10. The molecule has 1 aliphatic rings. The lowest BCUT2D eigenvalue weighted by Crippen LogP contribution is -2.45. The van der Waals surface area contributed by atoms with Gasteiger partial charge in [-0.2, -0.15) is 0 Å². The van der Waals surface area contributed by atoms with Crippen LogP contribution in [-0.4, -0.2) is 49.6 Å². The second-order valence-electron chi connectivity index (χ2n) is 5.62. The molecule has 0 bridgehead atoms. The quantitative estimate of drug-likeness (QED) is 0.927. The summed E-state index contributed by atoms with van der Waals surface area (Å²) in [7, 11) is 4.24. The number of hydrogen-bond acceptors (Lipinski definition) is 3. The maximum absolute atomic E-state index is 13.2. The van der Waals surface area contributed by atoms with Gasteiger partial charge in [0.1, 0.15) is 5.82 Å². The number of nitrogens with zero attached hydrogens (tertiary/aromatic N) is 2. The van der Waals surface area contributed by atoms with Gasteiger partial charge in [-0.1, -0.05) is 17.7 Å². The summed E-state index contributed by atoms with van der Waals surface area (Å²) in [5, 5.41) is 0.459. The Balaban J connectivity index is 2.14. The average molecular weight is 300 g/mol. The zero-order chi connectivity index (χ0) is 14.7. The zero-order valence-electron chi connectivity index (χ0n) is 12.1. The van der Waals surface area contributed by atoms with Gasteiger partial charge in [-0.05, 0) is 57.7 Å². The molecule has 0 aromatic heterocycles. The minimum atomic E-state index is -0.309. The minimum Gasteiger partial charge on any atom is -0.329 e. The summed E-state index contributed by atoms with van der Waals surface area (Å²) >= 11 is 6.18. The number of likely N-dealkylation sites (tertiary alicyclic amines) is 1. The molecular weight excluding hydrogens is 277 g/mol. The van der Waals surface area contributed by atoms with Crippen molar-refractivity contribution in [3.05, 3.63) is 34.6 Å². The van der Waals surface area contributed by atoms with E-state index < -0.39 is 0 Å². The number of likely N-dealkylation sites (N-methyl/N-ethyl adjacent to an activating group) is 1. The molecule has 1 aromatic carbocycles. The summed E-state index contributed by atoms with van der Waals surface area (Å²) in [5.41, 5.74) is 6.86. The Labute approximate surface area is 125 Å². The molecule has 112 valence electrons. The first-order valence-electron chi connectivity index (χ1n) is 7.08. The molecular formula is C15H23ClFN3. The van der Waals surface area contributed by atoms with Crippen LogP contribution in [0.4, 0.5) is 4.39 Å². The lowest BCUT2D eigenvalue weighted by molar-refractivity contribution is 0.109. The van der Waals surface area contributed by atoms with Gasteiger partial charge in [-0.3, -0.25) is 4.90 Å². The first kappa shape index (κ1) is 15.7. The van der Waals surface area contributed by atoms with Crippen LogP contribution in [-0.2, 0) is 0 Å². The summed E-state index contributed by atoms with van der Waals surface area (Å²) in [6.07, 6.45) is 2.25. The fourth-order valence-corrected chi connectivity index (χ4v) is 3.23. The van der Waals surface area contributed by atoms with E-state index in [9.17, 15) is 4.39 Å². The number of benzene rings is 1. The van der Waals surface area contributed by atoms with Crippen molar-refractivity contribution in [3.63, 3.8) is 0 Å². The zero-order valence-corrected chi connectivity index (χ0v) is 12.9. The fraction of sp³-hybridized carbons (Fsp3) is 0.600. The second-order valence-corrected chi connectivity index (χ2v) is 6.02. The van der Waals surface area contributed by atoms with Gasteiger partial charge in [-0.25, -0.2) is 4.39 Å². The Morgan fingerprint density at radius 1 is 1.45 bits per heavy atom. The van der Waals surface area contributed by atoms with Gasteiger partial charge in [0.15, 0.2) is 0 Å². The van der Waals surface area contributed by atoms with Crippen molar-refractivity contribution >= 4 is 11.6 Å². The van der Waals surface area contributed by atoms with Crippen LogP contribution in [0, 0.1) is 5.82 Å². The van der Waals surface area contributed by atoms with E-state index in [1.807, 2.05) is 0 Å². The largest absolute Gasteiger partial charge is 0.329 e. The number of piperidine rings is 1. The molecule has 1 fully saturated rings. The molecule has 1 aliphatic heterocycles. The van der Waals surface area contributed by atoms with E-state index in [1.165, 1.54) is 12.1 Å². The monoisotopic (exact) mass is 299 g/mol. The second kappa shape index (κ2) is 6.85. The number of hydrogen-bond donors (Lipinski definition) is 1. The predicted molar refractivity (Wildman–Crippen MR) is 81.5 cm³/mol. The van der Waals surface area contributed by atoms with Crippen LogP contribution in [0.25, 0.3) is 0 Å². The SMILES string of the molecule is CN1CCC(N(C)C(CN)c2ccc(F)cc2Cl)CC1. The third kappa shape index (κ3) is 3.50. The van der Waals surface area contributed by atoms with Crippen molar-refractivity contribution in [1.29, 1.82) is 0 Å². The first-order valence-corrected chi connectivity index (χ1v) is 7.46. The van der Waals surface area contributed by atoms with Crippen molar-refractivity contribution < 1.29 is 4.39 Å². The smallest absolute Gasteiger partial charge is 0.124 e. The molecule has 0 aliphatic carbocycles. The van der Waals surface area contributed by atoms with E-state index in [0.717, 1.165) is 31.5 Å². The molecule has 0 amide bonds. The molecule has 1 aromatic rings. The predicted octanol–water partition coefficient (Wildman–Crippen LogP) is 2.50. The van der Waals surface area contributed by atoms with Gasteiger partial charge in [0, 0.05) is 23.7 Å². The first-order chi connectivity index (χ1) is 9.52. The number of rotatable bonds is 4. The van der Waals surface area contributed by atoms with E-state index in [2.05, 4.69) is 23.9 Å². The van der Waals surface area contributed by atoms with Crippen LogP contribution < -0.4 is 5.73 Å². The molecule has 0 radical (unpaired) electrons. The lowest BCUT2D eigenvalue weighted by atomic mass is 9.98. The van der Waals surface area contributed by atoms with Gasteiger partial charge in [0.25, 0.3) is 0 Å². The average Bonchev–Trinajstić information content (AvgIpc) is 2.42. The molecule has 1 saturated heterocycles. The normalized spacial score (nSPS) is 19.5. The molecule has 2 rings (SSSR count). The van der Waals surface area contributed by atoms with E-state index in [0.29, 0.717) is 17.6 Å². The lowest BCUT2D eigenvalue weighted by Gasteiger charge is -2.39. The summed E-state index contributed by atoms with van der Waals surface area (Å²) in [5.74, 6) is -0.309. The Morgan fingerprint density at radius 2 is 2.10 bits per heavy atom. The van der Waals surface area contributed by atoms with Gasteiger partial charge in [0.05, 0.1) is 0 Å². The van der Waals surface area contributed by atoms with Gasteiger partial charge < -0.3 is 10.6 Å². The Kier molecular flexibility index (Phi) is 5.38. The molecule has 1 atom stereocenters. The van der Waals surface area contributed by atoms with Crippen LogP contribution in [0.1, 0.15) is 24.4 Å². The molecule has 20 heavy (non-hydrogen) atoms. The molecule has 1 heterocycles. The standard InChI is InChI=1S/C15H23ClFN3/c1-19-7-5-12(6-8-19)20(2)15(10-18)13-4-3-11(17)9-14(13)16/h3-4,9,12,15H,5-8,10,18H2,1-2H3. The van der Waals surface area contributed by atoms with Crippen molar-refractivity contribution in [2.45, 2.75) is 24.9 Å². The van der Waals surface area contributed by atoms with Crippen molar-refractivity contribution in [2.24, 2.45) is 5.73 Å². The molecule has 5 heteroatoms. The van der Waals surface area contributed by atoms with Crippen molar-refractivity contribution in [2.75, 3.05) is 33.7 Å². The van der Waals surface area contributed by atoms with Gasteiger partial charge in [0.2, 0.25) is 0 Å². The highest BCUT2D eigenvalue weighted by Crippen LogP contribution is 2.30. The molecule has 2 N–H and O–H groups in total. The molecule has 0 spiro atoms. The van der Waals surface area contributed by atoms with Gasteiger partial charge in [-0.15, -0.1) is 0 Å². The Bertz CT molecular complexity index is 447. The Hall–Kier alpha value is -0.680. The highest BCUT2D eigenvalue weighted by molar-refractivity contribution is 6.31. The minimum absolute atomic E-state index is 0.0384. The van der Waals surface area contributed by atoms with Crippen LogP contribution in [0.15, 0.2) is 18.2 Å². The Morgan fingerprint density at radius 3 is 2.65 bits per heavy atom. The van der Waals surface area contributed by atoms with E-state index in [-0.39, 0.29) is 11.9 Å². The van der Waals surface area contributed by atoms with Crippen LogP contribution in [0.2, 0.25) is 5.02 Å². The highest BCUT2D eigenvalue weighted by atomic mass is 35.5. The molecule has 0 saturated carbocycles. The van der Waals surface area contributed by atoms with Crippen molar-refractivity contribution in [1.82, 2.24) is 9.80 Å².